The molecule has 128 valence electrons. The van der Waals surface area contributed by atoms with Crippen molar-refractivity contribution in [1.82, 2.24) is 0 Å². The minimum absolute atomic E-state index is 0.0417. The van der Waals surface area contributed by atoms with Gasteiger partial charge in [0, 0.05) is 5.92 Å². The number of fused-ring (bicyclic) bond motifs is 1. The standard InChI is InChI=1S/C18H20O5S/c1-12-4-6-15(7-5-12)24(19,20)23-11-14-8-13-9-17(21-2)18(22-3)10-16(13)14/h4-7,9-10,14H,8,11H2,1-3H3. The Morgan fingerprint density at radius 2 is 1.67 bits per heavy atom. The topological polar surface area (TPSA) is 61.8 Å². The average molecular weight is 348 g/mol. The second kappa shape index (κ2) is 6.45. The molecule has 24 heavy (non-hydrogen) atoms. The van der Waals surface area contributed by atoms with Gasteiger partial charge in [-0.25, -0.2) is 0 Å². The molecule has 1 aliphatic rings. The van der Waals surface area contributed by atoms with E-state index in [1.54, 1.807) is 38.5 Å². The summed E-state index contributed by atoms with van der Waals surface area (Å²) in [6.45, 7) is 2.03. The minimum atomic E-state index is -3.74. The van der Waals surface area contributed by atoms with E-state index in [4.69, 9.17) is 13.7 Å². The molecule has 0 spiro atoms. The zero-order valence-corrected chi connectivity index (χ0v) is 14.7. The Morgan fingerprint density at radius 3 is 2.29 bits per heavy atom. The molecule has 0 aliphatic heterocycles. The molecular weight excluding hydrogens is 328 g/mol. The van der Waals surface area contributed by atoms with Gasteiger partial charge in [-0.15, -0.1) is 0 Å². The van der Waals surface area contributed by atoms with Crippen LogP contribution in [-0.4, -0.2) is 29.2 Å². The zero-order chi connectivity index (χ0) is 17.3. The summed E-state index contributed by atoms with van der Waals surface area (Å²) in [7, 11) is -0.561. The summed E-state index contributed by atoms with van der Waals surface area (Å²) >= 11 is 0. The molecule has 2 aromatic rings. The maximum Gasteiger partial charge on any atom is 0.296 e. The quantitative estimate of drug-likeness (QED) is 0.751. The summed E-state index contributed by atoms with van der Waals surface area (Å²) in [4.78, 5) is 0.181. The van der Waals surface area contributed by atoms with Crippen molar-refractivity contribution in [2.24, 2.45) is 0 Å². The predicted molar refractivity (Wildman–Crippen MR) is 90.3 cm³/mol. The minimum Gasteiger partial charge on any atom is -0.493 e. The van der Waals surface area contributed by atoms with Crippen LogP contribution in [0.5, 0.6) is 11.5 Å². The summed E-state index contributed by atoms with van der Waals surface area (Å²) in [6, 6.07) is 10.5. The van der Waals surface area contributed by atoms with E-state index in [9.17, 15) is 8.42 Å². The maximum atomic E-state index is 12.3. The van der Waals surface area contributed by atoms with Gasteiger partial charge in [0.25, 0.3) is 10.1 Å². The van der Waals surface area contributed by atoms with E-state index in [0.29, 0.717) is 11.5 Å². The van der Waals surface area contributed by atoms with Crippen LogP contribution in [0.2, 0.25) is 0 Å². The fourth-order valence-corrected chi connectivity index (χ4v) is 3.78. The third-order valence-electron chi connectivity index (χ3n) is 4.29. The van der Waals surface area contributed by atoms with Crippen LogP contribution in [0.3, 0.4) is 0 Å². The second-order valence-electron chi connectivity index (χ2n) is 5.86. The highest BCUT2D eigenvalue weighted by Gasteiger charge is 2.30. The van der Waals surface area contributed by atoms with Crippen LogP contribution < -0.4 is 9.47 Å². The van der Waals surface area contributed by atoms with Crippen LogP contribution in [0, 0.1) is 6.92 Å². The zero-order valence-electron chi connectivity index (χ0n) is 13.9. The van der Waals surface area contributed by atoms with Crippen LogP contribution in [0.15, 0.2) is 41.3 Å². The lowest BCUT2D eigenvalue weighted by Gasteiger charge is -2.30. The van der Waals surface area contributed by atoms with Gasteiger partial charge in [0.05, 0.1) is 25.7 Å². The third kappa shape index (κ3) is 3.12. The first-order valence-corrected chi connectivity index (χ1v) is 9.06. The van der Waals surface area contributed by atoms with E-state index in [-0.39, 0.29) is 17.4 Å². The van der Waals surface area contributed by atoms with E-state index < -0.39 is 10.1 Å². The summed E-state index contributed by atoms with van der Waals surface area (Å²) in [5.41, 5.74) is 3.18. The lowest BCUT2D eigenvalue weighted by Crippen LogP contribution is -2.24. The monoisotopic (exact) mass is 348 g/mol. The van der Waals surface area contributed by atoms with Gasteiger partial charge in [-0.2, -0.15) is 8.42 Å². The molecule has 6 heteroatoms. The molecule has 3 rings (SSSR count). The molecule has 2 aromatic carbocycles. The largest absolute Gasteiger partial charge is 0.493 e. The van der Waals surface area contributed by atoms with Gasteiger partial charge in [-0.3, -0.25) is 4.18 Å². The molecule has 0 saturated heterocycles. The number of ether oxygens (including phenoxy) is 2. The van der Waals surface area contributed by atoms with Crippen molar-refractivity contribution in [2.75, 3.05) is 20.8 Å². The molecule has 0 fully saturated rings. The van der Waals surface area contributed by atoms with Crippen LogP contribution >= 0.6 is 0 Å². The lowest BCUT2D eigenvalue weighted by atomic mass is 9.78. The van der Waals surface area contributed by atoms with E-state index in [1.165, 1.54) is 0 Å². The molecule has 0 bridgehead atoms. The second-order valence-corrected chi connectivity index (χ2v) is 7.47. The molecule has 1 atom stereocenters. The van der Waals surface area contributed by atoms with Crippen molar-refractivity contribution in [3.63, 3.8) is 0 Å². The van der Waals surface area contributed by atoms with E-state index >= 15 is 0 Å². The van der Waals surface area contributed by atoms with Crippen LogP contribution in [0.1, 0.15) is 22.6 Å². The van der Waals surface area contributed by atoms with Gasteiger partial charge in [-0.05, 0) is 48.7 Å². The summed E-state index contributed by atoms with van der Waals surface area (Å²) in [5, 5.41) is 0. The van der Waals surface area contributed by atoms with Gasteiger partial charge in [-0.1, -0.05) is 17.7 Å². The first kappa shape index (κ1) is 16.8. The Morgan fingerprint density at radius 1 is 1.04 bits per heavy atom. The highest BCUT2D eigenvalue weighted by Crippen LogP contribution is 2.42. The van der Waals surface area contributed by atoms with Crippen LogP contribution in [0.4, 0.5) is 0 Å². The Hall–Kier alpha value is -2.05. The predicted octanol–water partition coefficient (Wildman–Crippen LogP) is 3.06. The third-order valence-corrected chi connectivity index (χ3v) is 5.58. The molecule has 0 heterocycles. The van der Waals surface area contributed by atoms with Gasteiger partial charge in [0.1, 0.15) is 0 Å². The maximum absolute atomic E-state index is 12.3. The molecule has 5 nitrogen and oxygen atoms in total. The number of rotatable bonds is 6. The Labute approximate surface area is 142 Å². The number of benzene rings is 2. The smallest absolute Gasteiger partial charge is 0.296 e. The average Bonchev–Trinajstić information content (AvgIpc) is 2.55. The van der Waals surface area contributed by atoms with Crippen LogP contribution in [0.25, 0.3) is 0 Å². The van der Waals surface area contributed by atoms with Crippen molar-refractivity contribution < 1.29 is 22.1 Å². The lowest BCUT2D eigenvalue weighted by molar-refractivity contribution is 0.277. The Kier molecular flexibility index (Phi) is 4.51. The first-order chi connectivity index (χ1) is 11.4. The molecule has 0 aromatic heterocycles. The number of methoxy groups -OCH3 is 2. The number of aryl methyl sites for hydroxylation is 1. The molecule has 0 radical (unpaired) electrons. The fraction of sp³-hybridized carbons (Fsp3) is 0.333. The Bertz CT molecular complexity index is 840. The van der Waals surface area contributed by atoms with Gasteiger partial charge in [0.15, 0.2) is 11.5 Å². The van der Waals surface area contributed by atoms with E-state index in [2.05, 4.69) is 0 Å². The molecular formula is C18H20O5S. The molecule has 1 unspecified atom stereocenters. The molecule has 0 amide bonds. The molecule has 0 saturated carbocycles. The van der Waals surface area contributed by atoms with Crippen molar-refractivity contribution >= 4 is 10.1 Å². The van der Waals surface area contributed by atoms with Crippen molar-refractivity contribution in [3.8, 4) is 11.5 Å². The fourth-order valence-electron chi connectivity index (χ4n) is 2.83. The normalized spacial score (nSPS) is 16.2. The molecule has 0 N–H and O–H groups in total. The summed E-state index contributed by atoms with van der Waals surface area (Å²) < 4.78 is 40.3. The van der Waals surface area contributed by atoms with Crippen molar-refractivity contribution in [3.05, 3.63) is 53.1 Å². The number of hydrogen-bond acceptors (Lipinski definition) is 5. The van der Waals surface area contributed by atoms with E-state index in [1.807, 2.05) is 19.1 Å². The first-order valence-electron chi connectivity index (χ1n) is 7.65. The highest BCUT2D eigenvalue weighted by atomic mass is 32.2. The summed E-state index contributed by atoms with van der Waals surface area (Å²) in [5.74, 6) is 1.37. The Balaban J connectivity index is 1.71. The van der Waals surface area contributed by atoms with Crippen molar-refractivity contribution in [1.29, 1.82) is 0 Å². The van der Waals surface area contributed by atoms with Gasteiger partial charge < -0.3 is 9.47 Å². The SMILES string of the molecule is COc1cc2c(cc1OC)C(COS(=O)(=O)c1ccc(C)cc1)C2. The highest BCUT2D eigenvalue weighted by molar-refractivity contribution is 7.86. The molecule has 1 aliphatic carbocycles. The van der Waals surface area contributed by atoms with Crippen LogP contribution in [-0.2, 0) is 20.7 Å². The van der Waals surface area contributed by atoms with Crippen molar-refractivity contribution in [2.45, 2.75) is 24.2 Å². The summed E-state index contributed by atoms with van der Waals surface area (Å²) in [6.07, 6.45) is 0.763. The number of hydrogen-bond donors (Lipinski definition) is 0. The van der Waals surface area contributed by atoms with Gasteiger partial charge in [0.2, 0.25) is 0 Å². The van der Waals surface area contributed by atoms with Gasteiger partial charge >= 0.3 is 0 Å². The van der Waals surface area contributed by atoms with E-state index in [0.717, 1.165) is 23.1 Å².